The molecule has 0 fully saturated rings. The fraction of sp³-hybridized carbons (Fsp3) is 0.273. The number of methoxy groups -OCH3 is 1. The predicted octanol–water partition coefficient (Wildman–Crippen LogP) is 4.09. The number of oxazole rings is 1. The molecular formula is C22H23FN2O3. The first-order valence-corrected chi connectivity index (χ1v) is 9.16. The number of nitrogens with one attached hydrogen (secondary N) is 1. The smallest absolute Gasteiger partial charge is 0.220 e. The Labute approximate surface area is 163 Å². The molecule has 1 aromatic heterocycles. The molecule has 0 bridgehead atoms. The molecule has 6 heteroatoms. The van der Waals surface area contributed by atoms with Gasteiger partial charge in [0, 0.05) is 24.9 Å². The van der Waals surface area contributed by atoms with Crippen molar-refractivity contribution in [2.75, 3.05) is 13.7 Å². The summed E-state index contributed by atoms with van der Waals surface area (Å²) >= 11 is 0. The number of amides is 1. The summed E-state index contributed by atoms with van der Waals surface area (Å²) in [4.78, 5) is 16.3. The minimum atomic E-state index is -0.302. The summed E-state index contributed by atoms with van der Waals surface area (Å²) in [5.74, 6) is 1.50. The van der Waals surface area contributed by atoms with Gasteiger partial charge in [-0.05, 0) is 49.2 Å². The highest BCUT2D eigenvalue weighted by Gasteiger charge is 2.10. The number of nitrogens with zero attached hydrogens (tertiary/aromatic N) is 1. The Morgan fingerprint density at radius 2 is 1.96 bits per heavy atom. The van der Waals surface area contributed by atoms with Gasteiger partial charge in [0.15, 0.2) is 11.7 Å². The van der Waals surface area contributed by atoms with E-state index >= 15 is 0 Å². The van der Waals surface area contributed by atoms with Gasteiger partial charge in [-0.15, -0.1) is 0 Å². The molecule has 0 saturated heterocycles. The number of carbonyl (C=O) groups excluding carboxylic acids is 1. The Balaban J connectivity index is 1.46. The summed E-state index contributed by atoms with van der Waals surface area (Å²) in [6, 6.07) is 12.0. The average molecular weight is 382 g/mol. The highest BCUT2D eigenvalue weighted by Crippen LogP contribution is 2.21. The van der Waals surface area contributed by atoms with E-state index in [-0.39, 0.29) is 18.1 Å². The van der Waals surface area contributed by atoms with Crippen LogP contribution in [-0.2, 0) is 17.6 Å². The molecule has 0 aliphatic heterocycles. The quantitative estimate of drug-likeness (QED) is 0.637. The van der Waals surface area contributed by atoms with E-state index in [9.17, 15) is 9.18 Å². The van der Waals surface area contributed by atoms with Crippen LogP contribution in [0.1, 0.15) is 23.4 Å². The topological polar surface area (TPSA) is 64.4 Å². The molecule has 3 rings (SSSR count). The molecule has 2 aromatic carbocycles. The maximum atomic E-state index is 13.0. The molecule has 0 aliphatic rings. The van der Waals surface area contributed by atoms with Crippen molar-refractivity contribution in [2.45, 2.75) is 26.2 Å². The van der Waals surface area contributed by atoms with Crippen LogP contribution in [0.25, 0.3) is 11.3 Å². The lowest BCUT2D eigenvalue weighted by molar-refractivity contribution is -0.121. The van der Waals surface area contributed by atoms with Crippen molar-refractivity contribution < 1.29 is 18.3 Å². The third kappa shape index (κ3) is 5.19. The third-order valence-electron chi connectivity index (χ3n) is 4.40. The summed E-state index contributed by atoms with van der Waals surface area (Å²) in [5.41, 5.74) is 2.97. The summed E-state index contributed by atoms with van der Waals surface area (Å²) in [5, 5.41) is 2.91. The molecule has 0 radical (unpaired) electrons. The van der Waals surface area contributed by atoms with Crippen LogP contribution in [0.4, 0.5) is 4.39 Å². The number of hydrogen-bond donors (Lipinski definition) is 1. The summed E-state index contributed by atoms with van der Waals surface area (Å²) < 4.78 is 24.0. The van der Waals surface area contributed by atoms with E-state index in [0.717, 1.165) is 22.4 Å². The number of aromatic nitrogens is 1. The van der Waals surface area contributed by atoms with Gasteiger partial charge in [0.1, 0.15) is 11.6 Å². The van der Waals surface area contributed by atoms with Crippen LogP contribution >= 0.6 is 0 Å². The van der Waals surface area contributed by atoms with Gasteiger partial charge in [-0.3, -0.25) is 4.79 Å². The van der Waals surface area contributed by atoms with Crippen molar-refractivity contribution in [3.63, 3.8) is 0 Å². The summed E-state index contributed by atoms with van der Waals surface area (Å²) in [7, 11) is 1.64. The zero-order valence-electron chi connectivity index (χ0n) is 16.0. The van der Waals surface area contributed by atoms with Crippen LogP contribution in [0.2, 0.25) is 0 Å². The Morgan fingerprint density at radius 1 is 1.18 bits per heavy atom. The number of carbonyl (C=O) groups is 1. The highest BCUT2D eigenvalue weighted by molar-refractivity contribution is 5.76. The van der Waals surface area contributed by atoms with Crippen LogP contribution in [0.15, 0.2) is 53.1 Å². The lowest BCUT2D eigenvalue weighted by Crippen LogP contribution is -2.26. The van der Waals surface area contributed by atoms with Crippen molar-refractivity contribution in [3.8, 4) is 17.1 Å². The second kappa shape index (κ2) is 9.17. The molecule has 0 unspecified atom stereocenters. The molecule has 1 N–H and O–H groups in total. The maximum absolute atomic E-state index is 13.0. The molecule has 1 heterocycles. The van der Waals surface area contributed by atoms with Crippen molar-refractivity contribution in [3.05, 3.63) is 71.5 Å². The van der Waals surface area contributed by atoms with Gasteiger partial charge in [0.2, 0.25) is 5.91 Å². The zero-order valence-corrected chi connectivity index (χ0v) is 16.0. The average Bonchev–Trinajstić information content (AvgIpc) is 3.16. The zero-order chi connectivity index (χ0) is 19.9. The van der Waals surface area contributed by atoms with Gasteiger partial charge in [-0.1, -0.05) is 17.7 Å². The first-order valence-electron chi connectivity index (χ1n) is 9.16. The summed E-state index contributed by atoms with van der Waals surface area (Å²) in [6.07, 6.45) is 2.98. The van der Waals surface area contributed by atoms with Crippen LogP contribution in [0.5, 0.6) is 5.75 Å². The standard InChI is InChI=1S/C22H23FN2O3/c1-15-3-8-19(27-2)17(13-15)11-12-24-21(26)9-10-22-25-14-20(28-22)16-4-6-18(23)7-5-16/h3-8,13-14H,9-12H2,1-2H3,(H,24,26). The van der Waals surface area contributed by atoms with E-state index in [1.54, 1.807) is 25.4 Å². The van der Waals surface area contributed by atoms with Crippen LogP contribution in [-0.4, -0.2) is 24.5 Å². The van der Waals surface area contributed by atoms with Gasteiger partial charge in [-0.25, -0.2) is 9.37 Å². The third-order valence-corrected chi connectivity index (χ3v) is 4.40. The Hall–Kier alpha value is -3.15. The molecule has 0 aliphatic carbocycles. The monoisotopic (exact) mass is 382 g/mol. The maximum Gasteiger partial charge on any atom is 0.220 e. The van der Waals surface area contributed by atoms with Crippen molar-refractivity contribution in [2.24, 2.45) is 0 Å². The van der Waals surface area contributed by atoms with E-state index in [1.807, 2.05) is 19.1 Å². The molecule has 5 nitrogen and oxygen atoms in total. The largest absolute Gasteiger partial charge is 0.496 e. The van der Waals surface area contributed by atoms with E-state index in [4.69, 9.17) is 9.15 Å². The van der Waals surface area contributed by atoms with Gasteiger partial charge in [0.25, 0.3) is 0 Å². The first kappa shape index (κ1) is 19.6. The molecule has 0 spiro atoms. The van der Waals surface area contributed by atoms with Crippen LogP contribution < -0.4 is 10.1 Å². The lowest BCUT2D eigenvalue weighted by Gasteiger charge is -2.10. The minimum Gasteiger partial charge on any atom is -0.496 e. The second-order valence-electron chi connectivity index (χ2n) is 6.54. The molecule has 3 aromatic rings. The van der Waals surface area contributed by atoms with Gasteiger partial charge < -0.3 is 14.5 Å². The number of rotatable bonds is 8. The molecular weight excluding hydrogens is 359 g/mol. The SMILES string of the molecule is COc1ccc(C)cc1CCNC(=O)CCc1ncc(-c2ccc(F)cc2)o1. The fourth-order valence-corrected chi connectivity index (χ4v) is 2.92. The van der Waals surface area contributed by atoms with Crippen LogP contribution in [0, 0.1) is 12.7 Å². The van der Waals surface area contributed by atoms with E-state index in [1.165, 1.54) is 12.1 Å². The fourth-order valence-electron chi connectivity index (χ4n) is 2.92. The lowest BCUT2D eigenvalue weighted by atomic mass is 10.1. The van der Waals surface area contributed by atoms with E-state index < -0.39 is 0 Å². The van der Waals surface area contributed by atoms with E-state index in [2.05, 4.69) is 16.4 Å². The number of halogens is 1. The molecule has 0 saturated carbocycles. The molecule has 0 atom stereocenters. The van der Waals surface area contributed by atoms with Gasteiger partial charge in [-0.2, -0.15) is 0 Å². The van der Waals surface area contributed by atoms with Gasteiger partial charge in [0.05, 0.1) is 13.3 Å². The predicted molar refractivity (Wildman–Crippen MR) is 105 cm³/mol. The molecule has 1 amide bonds. The van der Waals surface area contributed by atoms with Crippen molar-refractivity contribution in [1.29, 1.82) is 0 Å². The number of ether oxygens (including phenoxy) is 1. The Kier molecular flexibility index (Phi) is 6.42. The van der Waals surface area contributed by atoms with Crippen LogP contribution in [0.3, 0.4) is 0 Å². The van der Waals surface area contributed by atoms with E-state index in [0.29, 0.717) is 31.0 Å². The summed E-state index contributed by atoms with van der Waals surface area (Å²) in [6.45, 7) is 2.56. The molecule has 28 heavy (non-hydrogen) atoms. The number of hydrogen-bond acceptors (Lipinski definition) is 4. The molecule has 146 valence electrons. The van der Waals surface area contributed by atoms with Crippen molar-refractivity contribution >= 4 is 5.91 Å². The second-order valence-corrected chi connectivity index (χ2v) is 6.54. The first-order chi connectivity index (χ1) is 13.5. The number of aryl methyl sites for hydroxylation is 2. The van der Waals surface area contributed by atoms with Crippen molar-refractivity contribution in [1.82, 2.24) is 10.3 Å². The van der Waals surface area contributed by atoms with Gasteiger partial charge >= 0.3 is 0 Å². The minimum absolute atomic E-state index is 0.0619. The normalized spacial score (nSPS) is 10.7. The highest BCUT2D eigenvalue weighted by atomic mass is 19.1. The Bertz CT molecular complexity index is 935. The Morgan fingerprint density at radius 3 is 2.71 bits per heavy atom. The number of benzene rings is 2.